The Kier molecular flexibility index (Phi) is 5.87. The van der Waals surface area contributed by atoms with E-state index in [1.54, 1.807) is 11.7 Å². The summed E-state index contributed by atoms with van der Waals surface area (Å²) in [6.07, 6.45) is 7.44. The van der Waals surface area contributed by atoms with Crippen LogP contribution in [-0.4, -0.2) is 49.3 Å². The van der Waals surface area contributed by atoms with Crippen LogP contribution in [0, 0.1) is 5.92 Å². The highest BCUT2D eigenvalue weighted by Crippen LogP contribution is 2.27. The van der Waals surface area contributed by atoms with Gasteiger partial charge in [-0.15, -0.1) is 0 Å². The number of hydrogen-bond donors (Lipinski definition) is 1. The van der Waals surface area contributed by atoms with Crippen LogP contribution >= 0.6 is 0 Å². The third-order valence-corrected chi connectivity index (χ3v) is 5.48. The van der Waals surface area contributed by atoms with Gasteiger partial charge in [-0.2, -0.15) is 0 Å². The molecule has 0 unspecified atom stereocenters. The van der Waals surface area contributed by atoms with E-state index in [1.807, 2.05) is 24.4 Å². The zero-order chi connectivity index (χ0) is 18.7. The Balaban J connectivity index is 1.85. The third kappa shape index (κ3) is 4.21. The van der Waals surface area contributed by atoms with Gasteiger partial charge in [0, 0.05) is 24.2 Å². The summed E-state index contributed by atoms with van der Waals surface area (Å²) >= 11 is 0. The number of rotatable bonds is 5. The second kappa shape index (κ2) is 8.12. The lowest BCUT2D eigenvalue weighted by Gasteiger charge is -2.27. The van der Waals surface area contributed by atoms with Crippen molar-refractivity contribution in [1.82, 2.24) is 14.8 Å². The van der Waals surface area contributed by atoms with E-state index in [1.165, 1.54) is 18.4 Å². The SMILES string of the molecule is COc1ccc2c(c1)c(CCN(C)C)cn2C(=O)NC1CCC(C)CC1. The Morgan fingerprint density at radius 3 is 2.65 bits per heavy atom. The van der Waals surface area contributed by atoms with Gasteiger partial charge in [0.05, 0.1) is 12.6 Å². The van der Waals surface area contributed by atoms with Crippen molar-refractivity contribution >= 4 is 16.9 Å². The van der Waals surface area contributed by atoms with Crippen molar-refractivity contribution in [2.75, 3.05) is 27.7 Å². The summed E-state index contributed by atoms with van der Waals surface area (Å²) in [6, 6.07) is 6.21. The first kappa shape index (κ1) is 18.8. The van der Waals surface area contributed by atoms with Crippen LogP contribution in [0.3, 0.4) is 0 Å². The summed E-state index contributed by atoms with van der Waals surface area (Å²) < 4.78 is 7.16. The Labute approximate surface area is 156 Å². The molecule has 5 nitrogen and oxygen atoms in total. The highest BCUT2D eigenvalue weighted by molar-refractivity contribution is 5.94. The van der Waals surface area contributed by atoms with Gasteiger partial charge in [-0.3, -0.25) is 4.57 Å². The van der Waals surface area contributed by atoms with Crippen molar-refractivity contribution in [3.63, 3.8) is 0 Å². The zero-order valence-corrected chi connectivity index (χ0v) is 16.4. The summed E-state index contributed by atoms with van der Waals surface area (Å²) in [7, 11) is 5.81. The molecule has 0 aliphatic heterocycles. The summed E-state index contributed by atoms with van der Waals surface area (Å²) in [5, 5.41) is 4.33. The van der Waals surface area contributed by atoms with E-state index in [0.717, 1.165) is 48.4 Å². The first-order valence-corrected chi connectivity index (χ1v) is 9.61. The van der Waals surface area contributed by atoms with Crippen molar-refractivity contribution in [3.8, 4) is 5.75 Å². The minimum absolute atomic E-state index is 0.0178. The fourth-order valence-electron chi connectivity index (χ4n) is 3.76. The molecule has 142 valence electrons. The first-order valence-electron chi connectivity index (χ1n) is 9.61. The van der Waals surface area contributed by atoms with Crippen LogP contribution in [0.4, 0.5) is 4.79 Å². The smallest absolute Gasteiger partial charge is 0.326 e. The van der Waals surface area contributed by atoms with Crippen LogP contribution in [0.1, 0.15) is 38.2 Å². The number of carbonyl (C=O) groups is 1. The lowest BCUT2D eigenvalue weighted by atomic mass is 9.87. The van der Waals surface area contributed by atoms with Crippen LogP contribution < -0.4 is 10.1 Å². The van der Waals surface area contributed by atoms with Crippen LogP contribution in [0.25, 0.3) is 10.9 Å². The number of fused-ring (bicyclic) bond motifs is 1. The lowest BCUT2D eigenvalue weighted by Crippen LogP contribution is -2.39. The molecule has 0 radical (unpaired) electrons. The van der Waals surface area contributed by atoms with Crippen LogP contribution in [-0.2, 0) is 6.42 Å². The van der Waals surface area contributed by atoms with Gasteiger partial charge < -0.3 is 15.0 Å². The minimum Gasteiger partial charge on any atom is -0.497 e. The molecule has 1 aliphatic carbocycles. The molecule has 26 heavy (non-hydrogen) atoms. The number of benzene rings is 1. The summed E-state index contributed by atoms with van der Waals surface area (Å²) in [6.45, 7) is 3.24. The average Bonchev–Trinajstić information content (AvgIpc) is 2.99. The van der Waals surface area contributed by atoms with E-state index < -0.39 is 0 Å². The van der Waals surface area contributed by atoms with Gasteiger partial charge in [0.2, 0.25) is 0 Å². The van der Waals surface area contributed by atoms with Crippen molar-refractivity contribution < 1.29 is 9.53 Å². The molecular weight excluding hydrogens is 326 g/mol. The van der Waals surface area contributed by atoms with Crippen LogP contribution in [0.15, 0.2) is 24.4 Å². The zero-order valence-electron chi connectivity index (χ0n) is 16.4. The summed E-state index contributed by atoms with van der Waals surface area (Å²) in [4.78, 5) is 15.1. The number of likely N-dealkylation sites (N-methyl/N-ethyl adjacent to an activating group) is 1. The monoisotopic (exact) mass is 357 g/mol. The maximum absolute atomic E-state index is 12.9. The second-order valence-corrected chi connectivity index (χ2v) is 7.87. The number of amides is 1. The second-order valence-electron chi connectivity index (χ2n) is 7.87. The number of ether oxygens (including phenoxy) is 1. The van der Waals surface area contributed by atoms with E-state index in [9.17, 15) is 4.79 Å². The maximum atomic E-state index is 12.9. The quantitative estimate of drug-likeness (QED) is 0.883. The predicted octanol–water partition coefficient (Wildman–Crippen LogP) is 3.89. The van der Waals surface area contributed by atoms with Gasteiger partial charge >= 0.3 is 6.03 Å². The molecule has 0 atom stereocenters. The van der Waals surface area contributed by atoms with Gasteiger partial charge in [-0.05, 0) is 75.9 Å². The standard InChI is InChI=1S/C21H31N3O2/c1-15-5-7-17(8-6-15)22-21(25)24-14-16(11-12-23(2)3)19-13-18(26-4)9-10-20(19)24/h9-10,13-15,17H,5-8,11-12H2,1-4H3,(H,22,25). The highest BCUT2D eigenvalue weighted by atomic mass is 16.5. The molecule has 5 heteroatoms. The van der Waals surface area contributed by atoms with E-state index in [-0.39, 0.29) is 6.03 Å². The molecule has 1 amide bonds. The largest absolute Gasteiger partial charge is 0.497 e. The molecule has 3 rings (SSSR count). The summed E-state index contributed by atoms with van der Waals surface area (Å²) in [5.74, 6) is 1.60. The van der Waals surface area contributed by atoms with Crippen molar-refractivity contribution in [2.45, 2.75) is 45.1 Å². The molecule has 0 saturated heterocycles. The fraction of sp³-hybridized carbons (Fsp3) is 0.571. The number of aromatic nitrogens is 1. The molecule has 1 fully saturated rings. The predicted molar refractivity (Wildman–Crippen MR) is 106 cm³/mol. The number of nitrogens with zero attached hydrogens (tertiary/aromatic N) is 2. The first-order chi connectivity index (χ1) is 12.5. The molecule has 1 heterocycles. The number of methoxy groups -OCH3 is 1. The van der Waals surface area contributed by atoms with Gasteiger partial charge in [0.15, 0.2) is 0 Å². The molecule has 1 saturated carbocycles. The normalized spacial score (nSPS) is 20.5. The van der Waals surface area contributed by atoms with Crippen molar-refractivity contribution in [2.24, 2.45) is 5.92 Å². The Morgan fingerprint density at radius 2 is 2.00 bits per heavy atom. The van der Waals surface area contributed by atoms with Gasteiger partial charge in [0.1, 0.15) is 5.75 Å². The van der Waals surface area contributed by atoms with Gasteiger partial charge in [-0.25, -0.2) is 4.79 Å². The van der Waals surface area contributed by atoms with Crippen LogP contribution in [0.2, 0.25) is 0 Å². The third-order valence-electron chi connectivity index (χ3n) is 5.48. The number of nitrogens with one attached hydrogen (secondary N) is 1. The number of hydrogen-bond acceptors (Lipinski definition) is 3. The number of carbonyl (C=O) groups excluding carboxylic acids is 1. The van der Waals surface area contributed by atoms with E-state index in [2.05, 4.69) is 31.2 Å². The molecule has 1 aromatic carbocycles. The molecule has 0 spiro atoms. The van der Waals surface area contributed by atoms with Crippen LogP contribution in [0.5, 0.6) is 5.75 Å². The van der Waals surface area contributed by atoms with Crippen molar-refractivity contribution in [1.29, 1.82) is 0 Å². The minimum atomic E-state index is -0.0178. The Morgan fingerprint density at radius 1 is 1.27 bits per heavy atom. The van der Waals surface area contributed by atoms with Crippen molar-refractivity contribution in [3.05, 3.63) is 30.0 Å². The van der Waals surface area contributed by atoms with E-state index in [0.29, 0.717) is 6.04 Å². The molecular formula is C21H31N3O2. The van der Waals surface area contributed by atoms with E-state index in [4.69, 9.17) is 4.74 Å². The Hall–Kier alpha value is -2.01. The maximum Gasteiger partial charge on any atom is 0.326 e. The highest BCUT2D eigenvalue weighted by Gasteiger charge is 2.22. The molecule has 1 aromatic heterocycles. The molecule has 2 aromatic rings. The molecule has 0 bridgehead atoms. The Bertz CT molecular complexity index is 758. The van der Waals surface area contributed by atoms with Gasteiger partial charge in [-0.1, -0.05) is 6.92 Å². The van der Waals surface area contributed by atoms with E-state index >= 15 is 0 Å². The molecule has 1 aliphatic rings. The average molecular weight is 357 g/mol. The lowest BCUT2D eigenvalue weighted by molar-refractivity contribution is 0.231. The fourth-order valence-corrected chi connectivity index (χ4v) is 3.76. The summed E-state index contributed by atoms with van der Waals surface area (Å²) in [5.41, 5.74) is 2.13. The topological polar surface area (TPSA) is 46.5 Å². The van der Waals surface area contributed by atoms with Gasteiger partial charge in [0.25, 0.3) is 0 Å². The molecule has 1 N–H and O–H groups in total.